The zero-order valence-corrected chi connectivity index (χ0v) is 8.14. The number of hydrogen-bond acceptors (Lipinski definition) is 1. The molecule has 0 aliphatic carbocycles. The second-order valence-electron chi connectivity index (χ2n) is 3.81. The Hall–Kier alpha value is 0.0674. The van der Waals surface area contributed by atoms with E-state index >= 15 is 0 Å². The Kier molecular flexibility index (Phi) is 3.23. The Morgan fingerprint density at radius 1 is 1.64 bits per heavy atom. The van der Waals surface area contributed by atoms with Crippen molar-refractivity contribution >= 4 is 5.91 Å². The normalized spacial score (nSPS) is 28.5. The van der Waals surface area contributed by atoms with E-state index in [0.29, 0.717) is 5.92 Å². The van der Waals surface area contributed by atoms with Gasteiger partial charge in [-0.1, -0.05) is 20.8 Å². The van der Waals surface area contributed by atoms with Gasteiger partial charge in [-0.25, -0.2) is 0 Å². The van der Waals surface area contributed by atoms with Crippen LogP contribution in [0, 0.1) is 11.3 Å². The Bertz CT molecular complexity index is 172. The standard InChI is InChI=1S/C8H15NO.Li.H/c1-6-5-9(4)7(10)8(6,2)3;;/h6H,5H2,1-4H3;;/q;+1;-1. The van der Waals surface area contributed by atoms with Crippen LogP contribution < -0.4 is 18.9 Å². The van der Waals surface area contributed by atoms with Crippen molar-refractivity contribution in [1.82, 2.24) is 4.90 Å². The molecule has 0 saturated carbocycles. The fraction of sp³-hybridized carbons (Fsp3) is 0.875. The van der Waals surface area contributed by atoms with E-state index in [0.717, 1.165) is 6.54 Å². The van der Waals surface area contributed by atoms with Gasteiger partial charge in [0.05, 0.1) is 0 Å². The molecule has 0 aromatic heterocycles. The van der Waals surface area contributed by atoms with Crippen LogP contribution in [-0.2, 0) is 4.79 Å². The Balaban J connectivity index is 0. The minimum absolute atomic E-state index is 0. The third-order valence-corrected chi connectivity index (χ3v) is 2.68. The van der Waals surface area contributed by atoms with Crippen LogP contribution in [0.2, 0.25) is 0 Å². The van der Waals surface area contributed by atoms with Crippen molar-refractivity contribution in [3.05, 3.63) is 0 Å². The molecule has 1 heterocycles. The minimum atomic E-state index is -0.130. The smallest absolute Gasteiger partial charge is 1.00 e. The molecule has 0 aromatic rings. The van der Waals surface area contributed by atoms with Gasteiger partial charge < -0.3 is 6.33 Å². The van der Waals surface area contributed by atoms with Gasteiger partial charge in [0.15, 0.2) is 0 Å². The molecule has 3 heteroatoms. The van der Waals surface area contributed by atoms with Crippen molar-refractivity contribution in [3.8, 4) is 0 Å². The molecule has 1 rings (SSSR count). The Labute approximate surface area is 82.0 Å². The second-order valence-corrected chi connectivity index (χ2v) is 3.81. The molecule has 1 unspecified atom stereocenters. The van der Waals surface area contributed by atoms with Gasteiger partial charge in [0.2, 0.25) is 5.91 Å². The number of rotatable bonds is 0. The molecule has 0 bridgehead atoms. The van der Waals surface area contributed by atoms with Crippen molar-refractivity contribution < 1.29 is 25.1 Å². The number of likely N-dealkylation sites (tertiary alicyclic amines) is 1. The van der Waals surface area contributed by atoms with E-state index in [1.807, 2.05) is 25.8 Å². The molecule has 0 radical (unpaired) electrons. The van der Waals surface area contributed by atoms with Crippen LogP contribution in [-0.4, -0.2) is 24.4 Å². The number of amides is 1. The quantitative estimate of drug-likeness (QED) is 0.373. The van der Waals surface area contributed by atoms with E-state index in [4.69, 9.17) is 0 Å². The first kappa shape index (κ1) is 11.1. The van der Waals surface area contributed by atoms with E-state index < -0.39 is 0 Å². The van der Waals surface area contributed by atoms with Crippen LogP contribution in [0.1, 0.15) is 22.2 Å². The molecule has 11 heavy (non-hydrogen) atoms. The maximum atomic E-state index is 11.4. The van der Waals surface area contributed by atoms with Crippen LogP contribution in [0.3, 0.4) is 0 Å². The average Bonchev–Trinajstić information content (AvgIpc) is 1.97. The maximum Gasteiger partial charge on any atom is 1.00 e. The van der Waals surface area contributed by atoms with Crippen LogP contribution in [0.4, 0.5) is 0 Å². The molecular weight excluding hydrogens is 133 g/mol. The van der Waals surface area contributed by atoms with Crippen LogP contribution in [0.25, 0.3) is 0 Å². The Morgan fingerprint density at radius 3 is 2.18 bits per heavy atom. The van der Waals surface area contributed by atoms with Crippen LogP contribution >= 0.6 is 0 Å². The van der Waals surface area contributed by atoms with Gasteiger partial charge in [-0.15, -0.1) is 0 Å². The topological polar surface area (TPSA) is 20.3 Å². The van der Waals surface area contributed by atoms with Gasteiger partial charge in [-0.05, 0) is 5.92 Å². The molecule has 1 aliphatic heterocycles. The molecule has 60 valence electrons. The van der Waals surface area contributed by atoms with Gasteiger partial charge in [-0.3, -0.25) is 4.79 Å². The SMILES string of the molecule is CC1CN(C)C(=O)C1(C)C.[H-].[Li+]. The fourth-order valence-corrected chi connectivity index (χ4v) is 1.42. The first-order chi connectivity index (χ1) is 4.46. The van der Waals surface area contributed by atoms with E-state index in [2.05, 4.69) is 6.92 Å². The number of carbonyl (C=O) groups is 1. The first-order valence-electron chi connectivity index (χ1n) is 3.72. The average molecular weight is 149 g/mol. The first-order valence-corrected chi connectivity index (χ1v) is 3.72. The number of hydrogen-bond donors (Lipinski definition) is 0. The second kappa shape index (κ2) is 3.21. The molecule has 1 atom stereocenters. The van der Waals surface area contributed by atoms with E-state index in [1.54, 1.807) is 0 Å². The van der Waals surface area contributed by atoms with Crippen LogP contribution in [0.15, 0.2) is 0 Å². The summed E-state index contributed by atoms with van der Waals surface area (Å²) in [7, 11) is 1.87. The summed E-state index contributed by atoms with van der Waals surface area (Å²) in [6, 6.07) is 0. The summed E-state index contributed by atoms with van der Waals surface area (Å²) in [6.07, 6.45) is 0. The summed E-state index contributed by atoms with van der Waals surface area (Å²) >= 11 is 0. The van der Waals surface area contributed by atoms with Crippen molar-refractivity contribution in [2.24, 2.45) is 11.3 Å². The maximum absolute atomic E-state index is 11.4. The summed E-state index contributed by atoms with van der Waals surface area (Å²) in [5.74, 6) is 0.769. The number of carbonyl (C=O) groups excluding carboxylic acids is 1. The predicted molar refractivity (Wildman–Crippen MR) is 41.7 cm³/mol. The third kappa shape index (κ3) is 1.63. The molecule has 2 nitrogen and oxygen atoms in total. The fourth-order valence-electron chi connectivity index (χ4n) is 1.42. The molecule has 0 spiro atoms. The molecular formula is C8H16LiNO. The van der Waals surface area contributed by atoms with E-state index in [1.165, 1.54) is 0 Å². The molecule has 1 aliphatic rings. The molecule has 0 aromatic carbocycles. The van der Waals surface area contributed by atoms with Crippen LogP contribution in [0.5, 0.6) is 0 Å². The molecule has 1 saturated heterocycles. The minimum Gasteiger partial charge on any atom is -1.00 e. The summed E-state index contributed by atoms with van der Waals surface area (Å²) in [4.78, 5) is 13.2. The van der Waals surface area contributed by atoms with Gasteiger partial charge in [-0.2, -0.15) is 0 Å². The van der Waals surface area contributed by atoms with E-state index in [9.17, 15) is 4.79 Å². The van der Waals surface area contributed by atoms with Crippen molar-refractivity contribution in [3.63, 3.8) is 0 Å². The summed E-state index contributed by atoms with van der Waals surface area (Å²) in [5, 5.41) is 0. The largest absolute Gasteiger partial charge is 1.00 e. The molecule has 1 fully saturated rings. The van der Waals surface area contributed by atoms with Crippen molar-refractivity contribution in [1.29, 1.82) is 0 Å². The summed E-state index contributed by atoms with van der Waals surface area (Å²) in [6.45, 7) is 7.07. The van der Waals surface area contributed by atoms with Crippen molar-refractivity contribution in [2.45, 2.75) is 20.8 Å². The van der Waals surface area contributed by atoms with E-state index in [-0.39, 0.29) is 31.6 Å². The van der Waals surface area contributed by atoms with Gasteiger partial charge in [0.25, 0.3) is 0 Å². The van der Waals surface area contributed by atoms with Gasteiger partial charge in [0.1, 0.15) is 0 Å². The number of nitrogens with zero attached hydrogens (tertiary/aromatic N) is 1. The molecule has 1 amide bonds. The monoisotopic (exact) mass is 149 g/mol. The van der Waals surface area contributed by atoms with Gasteiger partial charge in [0, 0.05) is 19.0 Å². The predicted octanol–water partition coefficient (Wildman–Crippen LogP) is -1.76. The zero-order chi connectivity index (χ0) is 7.94. The summed E-state index contributed by atoms with van der Waals surface area (Å²) < 4.78 is 0. The van der Waals surface area contributed by atoms with Gasteiger partial charge >= 0.3 is 18.9 Å². The molecule has 0 N–H and O–H groups in total. The zero-order valence-electron chi connectivity index (χ0n) is 9.14. The summed E-state index contributed by atoms with van der Waals surface area (Å²) in [5.41, 5.74) is -0.130. The Morgan fingerprint density at radius 2 is 2.09 bits per heavy atom. The van der Waals surface area contributed by atoms with Crippen molar-refractivity contribution in [2.75, 3.05) is 13.6 Å². The third-order valence-electron chi connectivity index (χ3n) is 2.68.